The highest BCUT2D eigenvalue weighted by Gasteiger charge is 2.11. The van der Waals surface area contributed by atoms with E-state index in [4.69, 9.17) is 4.74 Å². The van der Waals surface area contributed by atoms with Crippen LogP contribution in [-0.2, 0) is 4.79 Å². The van der Waals surface area contributed by atoms with Crippen LogP contribution in [0, 0.1) is 35.3 Å². The van der Waals surface area contributed by atoms with Crippen molar-refractivity contribution in [2.24, 2.45) is 0 Å². The van der Waals surface area contributed by atoms with Crippen molar-refractivity contribution in [3.8, 4) is 17.7 Å². The summed E-state index contributed by atoms with van der Waals surface area (Å²) in [4.78, 5) is 26.5. The summed E-state index contributed by atoms with van der Waals surface area (Å²) in [6.07, 6.45) is 2.59. The molecule has 0 atom stereocenters. The third-order valence-corrected chi connectivity index (χ3v) is 4.47. The molecule has 1 N–H and O–H groups in total. The van der Waals surface area contributed by atoms with Gasteiger partial charge in [-0.15, -0.1) is 0 Å². The van der Waals surface area contributed by atoms with Gasteiger partial charge in [0.15, 0.2) is 0 Å². The van der Waals surface area contributed by atoms with E-state index in [-0.39, 0.29) is 17.1 Å². The van der Waals surface area contributed by atoms with Crippen LogP contribution < -0.4 is 10.1 Å². The number of nitrogens with zero attached hydrogens (tertiary/aromatic N) is 3. The lowest BCUT2D eigenvalue weighted by molar-refractivity contribution is -0.385. The molecule has 0 saturated carbocycles. The minimum Gasteiger partial charge on any atom is -0.439 e. The van der Waals surface area contributed by atoms with Crippen molar-refractivity contribution in [2.75, 3.05) is 5.32 Å². The number of amides is 1. The smallest absolute Gasteiger partial charge is 0.287 e. The van der Waals surface area contributed by atoms with E-state index in [0.717, 1.165) is 17.3 Å². The lowest BCUT2D eigenvalue weighted by Gasteiger charge is -2.07. The molecule has 2 aromatic carbocycles. The van der Waals surface area contributed by atoms with Crippen LogP contribution in [0.5, 0.6) is 11.6 Å². The minimum absolute atomic E-state index is 0.0380. The zero-order valence-corrected chi connectivity index (χ0v) is 16.8. The second-order valence-electron chi connectivity index (χ2n) is 6.71. The number of ether oxygens (including phenoxy) is 1. The van der Waals surface area contributed by atoms with Crippen molar-refractivity contribution in [3.05, 3.63) is 93.2 Å². The lowest BCUT2D eigenvalue weighted by Crippen LogP contribution is -2.13. The molecule has 3 rings (SSSR count). The largest absolute Gasteiger partial charge is 0.439 e. The Balaban J connectivity index is 1.69. The van der Waals surface area contributed by atoms with Crippen LogP contribution in [0.4, 0.5) is 11.4 Å². The summed E-state index contributed by atoms with van der Waals surface area (Å²) in [5, 5.41) is 22.8. The standard InChI is InChI=1S/C23H18N4O4/c1-15-3-6-19(11-16(15)2)26-23(28)18(13-24)12-17-4-8-21(9-5-17)31-22-10-7-20(14-25-22)27(29)30/h3-12,14H,1-2H3,(H,26,28)/b18-12-. The Kier molecular flexibility index (Phi) is 6.38. The quantitative estimate of drug-likeness (QED) is 0.264. The molecule has 0 aliphatic carbocycles. The van der Waals surface area contributed by atoms with Crippen molar-refractivity contribution in [3.63, 3.8) is 0 Å². The Bertz CT molecular complexity index is 1190. The van der Waals surface area contributed by atoms with Gasteiger partial charge in [0.1, 0.15) is 23.6 Å². The monoisotopic (exact) mass is 414 g/mol. The van der Waals surface area contributed by atoms with Crippen LogP contribution in [0.2, 0.25) is 0 Å². The Hall–Kier alpha value is -4.51. The van der Waals surface area contributed by atoms with Gasteiger partial charge in [-0.3, -0.25) is 14.9 Å². The molecule has 0 radical (unpaired) electrons. The first kappa shape index (κ1) is 21.2. The van der Waals surface area contributed by atoms with Gasteiger partial charge >= 0.3 is 0 Å². The van der Waals surface area contributed by atoms with Gasteiger partial charge in [0, 0.05) is 17.8 Å². The number of hydrogen-bond acceptors (Lipinski definition) is 6. The van der Waals surface area contributed by atoms with Gasteiger partial charge in [-0.25, -0.2) is 4.98 Å². The van der Waals surface area contributed by atoms with Gasteiger partial charge in [0.05, 0.1) is 4.92 Å². The number of nitriles is 1. The van der Waals surface area contributed by atoms with Gasteiger partial charge in [0.2, 0.25) is 5.88 Å². The summed E-state index contributed by atoms with van der Waals surface area (Å²) >= 11 is 0. The molecule has 0 saturated heterocycles. The first-order chi connectivity index (χ1) is 14.9. The number of aryl methyl sites for hydroxylation is 2. The van der Waals surface area contributed by atoms with E-state index in [2.05, 4.69) is 10.3 Å². The maximum atomic E-state index is 12.4. The fourth-order valence-electron chi connectivity index (χ4n) is 2.63. The Morgan fingerprint density at radius 2 is 1.87 bits per heavy atom. The normalized spacial score (nSPS) is 10.8. The number of carbonyl (C=O) groups is 1. The Labute approximate surface area is 178 Å². The van der Waals surface area contributed by atoms with Crippen LogP contribution in [0.15, 0.2) is 66.4 Å². The molecule has 0 aliphatic rings. The van der Waals surface area contributed by atoms with E-state index >= 15 is 0 Å². The van der Waals surface area contributed by atoms with Gasteiger partial charge in [-0.1, -0.05) is 18.2 Å². The highest BCUT2D eigenvalue weighted by Crippen LogP contribution is 2.22. The predicted molar refractivity (Wildman–Crippen MR) is 116 cm³/mol. The summed E-state index contributed by atoms with van der Waals surface area (Å²) in [7, 11) is 0. The molecular formula is C23H18N4O4. The summed E-state index contributed by atoms with van der Waals surface area (Å²) in [5.74, 6) is 0.164. The number of rotatable bonds is 6. The Morgan fingerprint density at radius 3 is 2.45 bits per heavy atom. The van der Waals surface area contributed by atoms with Gasteiger partial charge in [-0.2, -0.15) is 5.26 Å². The number of hydrogen-bond donors (Lipinski definition) is 1. The van der Waals surface area contributed by atoms with E-state index in [1.807, 2.05) is 32.0 Å². The number of anilines is 1. The maximum absolute atomic E-state index is 12.4. The van der Waals surface area contributed by atoms with Crippen LogP contribution in [0.1, 0.15) is 16.7 Å². The Morgan fingerprint density at radius 1 is 1.13 bits per heavy atom. The molecule has 1 heterocycles. The van der Waals surface area contributed by atoms with Crippen LogP contribution >= 0.6 is 0 Å². The molecule has 0 unspecified atom stereocenters. The molecule has 1 amide bonds. The second kappa shape index (κ2) is 9.33. The summed E-state index contributed by atoms with van der Waals surface area (Å²) < 4.78 is 5.55. The van der Waals surface area contributed by atoms with E-state index in [1.54, 1.807) is 30.3 Å². The van der Waals surface area contributed by atoms with Crippen molar-refractivity contribution in [1.82, 2.24) is 4.98 Å². The fraction of sp³-hybridized carbons (Fsp3) is 0.0870. The molecule has 0 fully saturated rings. The highest BCUT2D eigenvalue weighted by atomic mass is 16.6. The summed E-state index contributed by atoms with van der Waals surface area (Å²) in [5.41, 5.74) is 3.24. The zero-order valence-electron chi connectivity index (χ0n) is 16.8. The van der Waals surface area contributed by atoms with Gasteiger partial charge in [-0.05, 0) is 60.9 Å². The molecule has 3 aromatic rings. The van der Waals surface area contributed by atoms with Crippen LogP contribution in [0.25, 0.3) is 6.08 Å². The molecule has 0 spiro atoms. The molecule has 1 aromatic heterocycles. The third kappa shape index (κ3) is 5.52. The van der Waals surface area contributed by atoms with Gasteiger partial charge in [0.25, 0.3) is 11.6 Å². The predicted octanol–water partition coefficient (Wildman–Crippen LogP) is 4.94. The molecule has 0 aliphatic heterocycles. The van der Waals surface area contributed by atoms with Crippen molar-refractivity contribution in [2.45, 2.75) is 13.8 Å². The fourth-order valence-corrected chi connectivity index (χ4v) is 2.63. The van der Waals surface area contributed by atoms with E-state index in [1.165, 1.54) is 18.2 Å². The molecular weight excluding hydrogens is 396 g/mol. The SMILES string of the molecule is Cc1ccc(NC(=O)/C(C#N)=C\c2ccc(Oc3ccc([N+](=O)[O-])cn3)cc2)cc1C. The topological polar surface area (TPSA) is 118 Å². The maximum Gasteiger partial charge on any atom is 0.287 e. The first-order valence-electron chi connectivity index (χ1n) is 9.24. The van der Waals surface area contributed by atoms with Crippen molar-refractivity contribution in [1.29, 1.82) is 5.26 Å². The third-order valence-electron chi connectivity index (χ3n) is 4.47. The molecule has 0 bridgehead atoms. The number of aromatic nitrogens is 1. The summed E-state index contributed by atoms with van der Waals surface area (Å²) in [6.45, 7) is 3.93. The number of carbonyl (C=O) groups excluding carboxylic acids is 1. The molecule has 154 valence electrons. The molecule has 8 heteroatoms. The minimum atomic E-state index is -0.541. The zero-order chi connectivity index (χ0) is 22.4. The molecule has 8 nitrogen and oxygen atoms in total. The van der Waals surface area contributed by atoms with Crippen molar-refractivity contribution < 1.29 is 14.5 Å². The number of nitrogens with one attached hydrogen (secondary N) is 1. The average molecular weight is 414 g/mol. The van der Waals surface area contributed by atoms with Crippen LogP contribution in [0.3, 0.4) is 0 Å². The average Bonchev–Trinajstić information content (AvgIpc) is 2.76. The van der Waals surface area contributed by atoms with E-state index in [0.29, 0.717) is 17.0 Å². The van der Waals surface area contributed by atoms with E-state index < -0.39 is 10.8 Å². The van der Waals surface area contributed by atoms with Crippen molar-refractivity contribution >= 4 is 23.4 Å². The van der Waals surface area contributed by atoms with E-state index in [9.17, 15) is 20.2 Å². The molecule has 31 heavy (non-hydrogen) atoms. The number of nitro groups is 1. The van der Waals surface area contributed by atoms with Gasteiger partial charge < -0.3 is 10.1 Å². The second-order valence-corrected chi connectivity index (χ2v) is 6.71. The van der Waals surface area contributed by atoms with Crippen LogP contribution in [-0.4, -0.2) is 15.8 Å². The first-order valence-corrected chi connectivity index (χ1v) is 9.24. The number of benzene rings is 2. The highest BCUT2D eigenvalue weighted by molar-refractivity contribution is 6.09. The summed E-state index contributed by atoms with van der Waals surface area (Å²) in [6, 6.07) is 16.8. The lowest BCUT2D eigenvalue weighted by atomic mass is 10.1. The number of pyridine rings is 1.